The lowest BCUT2D eigenvalue weighted by Gasteiger charge is -2.00. The number of hydrogen-bond donors (Lipinski definition) is 0. The molecule has 2 heterocycles. The smallest absolute Gasteiger partial charge is 0.337 e. The van der Waals surface area contributed by atoms with E-state index in [1.54, 1.807) is 35.9 Å². The molecule has 4 nitrogen and oxygen atoms in total. The zero-order chi connectivity index (χ0) is 14.7. The summed E-state index contributed by atoms with van der Waals surface area (Å²) in [6.45, 7) is 0. The molecular formula is C16H13BrN2O2S. The maximum absolute atomic E-state index is 11.4. The number of nitrogens with zero attached hydrogens (tertiary/aromatic N) is 2. The molecule has 0 unspecified atom stereocenters. The third-order valence-electron chi connectivity index (χ3n) is 3.01. The molecule has 0 aliphatic rings. The van der Waals surface area contributed by atoms with Crippen LogP contribution in [0.4, 0.5) is 0 Å². The molecule has 0 aliphatic heterocycles. The summed E-state index contributed by atoms with van der Waals surface area (Å²) >= 11 is 1.56. The van der Waals surface area contributed by atoms with Gasteiger partial charge in [0.15, 0.2) is 0 Å². The van der Waals surface area contributed by atoms with Crippen molar-refractivity contribution in [3.8, 4) is 21.8 Å². The Morgan fingerprint density at radius 1 is 1.14 bits per heavy atom. The minimum absolute atomic E-state index is 0. The van der Waals surface area contributed by atoms with Crippen molar-refractivity contribution in [1.29, 1.82) is 0 Å². The molecular weight excluding hydrogens is 364 g/mol. The van der Waals surface area contributed by atoms with Gasteiger partial charge in [-0.3, -0.25) is 4.98 Å². The number of benzene rings is 1. The molecule has 3 aromatic rings. The predicted octanol–water partition coefficient (Wildman–Crippen LogP) is 4.24. The van der Waals surface area contributed by atoms with Crippen molar-refractivity contribution in [3.63, 3.8) is 0 Å². The summed E-state index contributed by atoms with van der Waals surface area (Å²) in [4.78, 5) is 20.1. The van der Waals surface area contributed by atoms with E-state index in [1.807, 2.05) is 29.6 Å². The van der Waals surface area contributed by atoms with Gasteiger partial charge < -0.3 is 4.74 Å². The van der Waals surface area contributed by atoms with Gasteiger partial charge >= 0.3 is 5.97 Å². The number of carbonyl (C=O) groups is 1. The molecule has 0 radical (unpaired) electrons. The van der Waals surface area contributed by atoms with Gasteiger partial charge in [-0.2, -0.15) is 0 Å². The largest absolute Gasteiger partial charge is 0.465 e. The van der Waals surface area contributed by atoms with Gasteiger partial charge in [-0.15, -0.1) is 28.3 Å². The third kappa shape index (κ3) is 3.40. The van der Waals surface area contributed by atoms with Crippen LogP contribution in [0, 0.1) is 0 Å². The Kier molecular flexibility index (Phi) is 5.41. The molecule has 0 saturated heterocycles. The third-order valence-corrected chi connectivity index (χ3v) is 3.91. The average Bonchev–Trinajstić information content (AvgIpc) is 3.05. The average molecular weight is 377 g/mol. The first-order valence-electron chi connectivity index (χ1n) is 6.32. The van der Waals surface area contributed by atoms with Gasteiger partial charge in [-0.05, 0) is 24.3 Å². The molecule has 0 spiro atoms. The van der Waals surface area contributed by atoms with Gasteiger partial charge in [0.25, 0.3) is 0 Å². The first kappa shape index (κ1) is 16.3. The van der Waals surface area contributed by atoms with Crippen molar-refractivity contribution >= 4 is 34.3 Å². The predicted molar refractivity (Wildman–Crippen MR) is 92.4 cm³/mol. The van der Waals surface area contributed by atoms with Crippen LogP contribution >= 0.6 is 28.3 Å². The van der Waals surface area contributed by atoms with Crippen LogP contribution in [0.15, 0.2) is 54.2 Å². The van der Waals surface area contributed by atoms with Gasteiger partial charge in [-0.1, -0.05) is 12.1 Å². The van der Waals surface area contributed by atoms with Crippen LogP contribution in [-0.2, 0) is 4.74 Å². The molecule has 6 heteroatoms. The van der Waals surface area contributed by atoms with Crippen LogP contribution in [0.5, 0.6) is 0 Å². The first-order valence-corrected chi connectivity index (χ1v) is 7.20. The number of hydrogen-bond acceptors (Lipinski definition) is 5. The Bertz CT molecular complexity index is 757. The Labute approximate surface area is 142 Å². The van der Waals surface area contributed by atoms with E-state index < -0.39 is 0 Å². The maximum Gasteiger partial charge on any atom is 0.337 e. The lowest BCUT2D eigenvalue weighted by atomic mass is 10.1. The van der Waals surface area contributed by atoms with Crippen molar-refractivity contribution in [2.45, 2.75) is 0 Å². The van der Waals surface area contributed by atoms with E-state index in [4.69, 9.17) is 0 Å². The SMILES string of the molecule is Br.COC(=O)c1ccc(-c2nc(-c3cccnc3)cs2)cc1. The Balaban J connectivity index is 0.00000176. The van der Waals surface area contributed by atoms with Gasteiger partial charge in [-0.25, -0.2) is 9.78 Å². The van der Waals surface area contributed by atoms with Gasteiger partial charge in [0.05, 0.1) is 18.4 Å². The molecule has 2 aromatic heterocycles. The van der Waals surface area contributed by atoms with E-state index in [0.29, 0.717) is 5.56 Å². The zero-order valence-electron chi connectivity index (χ0n) is 11.7. The zero-order valence-corrected chi connectivity index (χ0v) is 14.3. The van der Waals surface area contributed by atoms with Crippen LogP contribution in [0.25, 0.3) is 21.8 Å². The topological polar surface area (TPSA) is 52.1 Å². The molecule has 3 rings (SSSR count). The van der Waals surface area contributed by atoms with E-state index in [2.05, 4.69) is 14.7 Å². The monoisotopic (exact) mass is 376 g/mol. The summed E-state index contributed by atoms with van der Waals surface area (Å²) in [7, 11) is 1.37. The molecule has 22 heavy (non-hydrogen) atoms. The molecule has 0 bridgehead atoms. The fraction of sp³-hybridized carbons (Fsp3) is 0.0625. The number of ether oxygens (including phenoxy) is 1. The summed E-state index contributed by atoms with van der Waals surface area (Å²) in [5, 5.41) is 2.91. The fourth-order valence-electron chi connectivity index (χ4n) is 1.92. The number of thiazole rings is 1. The molecule has 0 amide bonds. The van der Waals surface area contributed by atoms with E-state index in [0.717, 1.165) is 21.8 Å². The van der Waals surface area contributed by atoms with Crippen molar-refractivity contribution in [2.24, 2.45) is 0 Å². The minimum Gasteiger partial charge on any atom is -0.465 e. The fourth-order valence-corrected chi connectivity index (χ4v) is 2.76. The van der Waals surface area contributed by atoms with Crippen molar-refractivity contribution in [2.75, 3.05) is 7.11 Å². The van der Waals surface area contributed by atoms with E-state index in [-0.39, 0.29) is 23.0 Å². The lowest BCUT2D eigenvalue weighted by molar-refractivity contribution is 0.0601. The van der Waals surface area contributed by atoms with Crippen molar-refractivity contribution < 1.29 is 9.53 Å². The first-order chi connectivity index (χ1) is 10.3. The minimum atomic E-state index is -0.336. The van der Waals surface area contributed by atoms with E-state index in [9.17, 15) is 4.79 Å². The highest BCUT2D eigenvalue weighted by molar-refractivity contribution is 8.93. The number of esters is 1. The normalized spacial score (nSPS) is 9.86. The number of pyridine rings is 1. The lowest BCUT2D eigenvalue weighted by Crippen LogP contribution is -2.00. The van der Waals surface area contributed by atoms with E-state index in [1.165, 1.54) is 7.11 Å². The van der Waals surface area contributed by atoms with Crippen LogP contribution in [-0.4, -0.2) is 23.0 Å². The molecule has 0 aliphatic carbocycles. The molecule has 0 atom stereocenters. The van der Waals surface area contributed by atoms with E-state index >= 15 is 0 Å². The summed E-state index contributed by atoms with van der Waals surface area (Å²) < 4.78 is 4.68. The van der Waals surface area contributed by atoms with Gasteiger partial charge in [0.2, 0.25) is 0 Å². The summed E-state index contributed by atoms with van der Waals surface area (Å²) in [6.07, 6.45) is 3.53. The van der Waals surface area contributed by atoms with Gasteiger partial charge in [0, 0.05) is 28.9 Å². The van der Waals surface area contributed by atoms with Gasteiger partial charge in [0.1, 0.15) is 5.01 Å². The second-order valence-electron chi connectivity index (χ2n) is 4.35. The molecule has 0 fully saturated rings. The maximum atomic E-state index is 11.4. The number of carbonyl (C=O) groups excluding carboxylic acids is 1. The van der Waals surface area contributed by atoms with Crippen molar-refractivity contribution in [3.05, 3.63) is 59.7 Å². The highest BCUT2D eigenvalue weighted by atomic mass is 79.9. The Morgan fingerprint density at radius 3 is 2.55 bits per heavy atom. The number of aromatic nitrogens is 2. The summed E-state index contributed by atoms with van der Waals surface area (Å²) in [6, 6.07) is 11.1. The Morgan fingerprint density at radius 2 is 1.91 bits per heavy atom. The molecule has 1 aromatic carbocycles. The number of methoxy groups -OCH3 is 1. The summed E-state index contributed by atoms with van der Waals surface area (Å²) in [5.74, 6) is -0.336. The van der Waals surface area contributed by atoms with Crippen LogP contribution in [0.2, 0.25) is 0 Å². The molecule has 112 valence electrons. The van der Waals surface area contributed by atoms with Crippen LogP contribution in [0.3, 0.4) is 0 Å². The summed E-state index contributed by atoms with van der Waals surface area (Å²) in [5.41, 5.74) is 3.40. The molecule has 0 saturated carbocycles. The second-order valence-corrected chi connectivity index (χ2v) is 5.21. The van der Waals surface area contributed by atoms with Crippen molar-refractivity contribution in [1.82, 2.24) is 9.97 Å². The van der Waals surface area contributed by atoms with Crippen LogP contribution in [0.1, 0.15) is 10.4 Å². The number of halogens is 1. The molecule has 0 N–H and O–H groups in total. The second kappa shape index (κ2) is 7.29. The Hall–Kier alpha value is -2.05. The standard InChI is InChI=1S/C16H12N2O2S.BrH/c1-20-16(19)12-6-4-11(5-7-12)15-18-14(10-21-15)13-3-2-8-17-9-13;/h2-10H,1H3;1H. The highest BCUT2D eigenvalue weighted by Crippen LogP contribution is 2.28. The van der Waals surface area contributed by atoms with Crippen LogP contribution < -0.4 is 0 Å². The highest BCUT2D eigenvalue weighted by Gasteiger charge is 2.09. The number of rotatable bonds is 3. The quantitative estimate of drug-likeness (QED) is 0.641.